The van der Waals surface area contributed by atoms with E-state index in [1.54, 1.807) is 19.2 Å². The second kappa shape index (κ2) is 3.21. The number of hydrogen-bond acceptors (Lipinski definition) is 3. The number of rotatable bonds is 2. The van der Waals surface area contributed by atoms with Gasteiger partial charge in [0.25, 0.3) is 0 Å². The molecule has 0 saturated heterocycles. The number of amidine groups is 1. The zero-order valence-corrected chi connectivity index (χ0v) is 7.18. The number of pyridine rings is 1. The molecule has 0 fully saturated rings. The fourth-order valence-corrected chi connectivity index (χ4v) is 0.952. The minimum Gasteiger partial charge on any atom is -0.384 e. The van der Waals surface area contributed by atoms with Crippen molar-refractivity contribution in [3.05, 3.63) is 23.4 Å². The molecule has 0 atom stereocenters. The van der Waals surface area contributed by atoms with Crippen molar-refractivity contribution in [1.29, 1.82) is 5.41 Å². The van der Waals surface area contributed by atoms with Gasteiger partial charge in [0.2, 0.25) is 0 Å². The van der Waals surface area contributed by atoms with Crippen LogP contribution in [0.1, 0.15) is 11.3 Å². The van der Waals surface area contributed by atoms with Crippen molar-refractivity contribution < 1.29 is 0 Å². The van der Waals surface area contributed by atoms with E-state index < -0.39 is 0 Å². The van der Waals surface area contributed by atoms with E-state index in [4.69, 9.17) is 11.1 Å². The van der Waals surface area contributed by atoms with E-state index in [2.05, 4.69) is 10.3 Å². The highest BCUT2D eigenvalue weighted by Crippen LogP contribution is 2.08. The lowest BCUT2D eigenvalue weighted by Crippen LogP contribution is -2.12. The molecule has 0 aliphatic carbocycles. The monoisotopic (exact) mass is 164 g/mol. The van der Waals surface area contributed by atoms with Crippen LogP contribution in [0.15, 0.2) is 12.1 Å². The first-order valence-electron chi connectivity index (χ1n) is 3.64. The van der Waals surface area contributed by atoms with Gasteiger partial charge < -0.3 is 11.1 Å². The lowest BCUT2D eigenvalue weighted by Gasteiger charge is -2.04. The van der Waals surface area contributed by atoms with Gasteiger partial charge in [-0.2, -0.15) is 0 Å². The molecule has 64 valence electrons. The lowest BCUT2D eigenvalue weighted by molar-refractivity contribution is 1.18. The number of aryl methyl sites for hydroxylation is 1. The first kappa shape index (κ1) is 8.52. The molecule has 0 unspecified atom stereocenters. The molecule has 0 aromatic carbocycles. The van der Waals surface area contributed by atoms with Crippen LogP contribution in [0.2, 0.25) is 0 Å². The van der Waals surface area contributed by atoms with Crippen LogP contribution in [0.25, 0.3) is 0 Å². The number of nitrogen functional groups attached to an aromatic ring is 1. The molecule has 4 N–H and O–H groups in total. The number of nitrogens with two attached hydrogens (primary N) is 1. The third-order valence-corrected chi connectivity index (χ3v) is 1.52. The predicted molar refractivity (Wildman–Crippen MR) is 49.5 cm³/mol. The highest BCUT2D eigenvalue weighted by molar-refractivity contribution is 5.95. The second-order valence-electron chi connectivity index (χ2n) is 2.55. The standard InChI is InChI=1S/C8H12N4/c1-5-3-6(8(9)10)4-7(11-2)12-5/h3-4H,1-2H3,(H3,9,10)(H,11,12). The van der Waals surface area contributed by atoms with Crippen LogP contribution in [-0.2, 0) is 0 Å². The molecule has 1 aromatic rings. The van der Waals surface area contributed by atoms with Gasteiger partial charge in [-0.15, -0.1) is 0 Å². The van der Waals surface area contributed by atoms with Gasteiger partial charge in [-0.3, -0.25) is 5.41 Å². The summed E-state index contributed by atoms with van der Waals surface area (Å²) in [6.07, 6.45) is 0. The Morgan fingerprint density at radius 3 is 2.75 bits per heavy atom. The van der Waals surface area contributed by atoms with E-state index in [0.29, 0.717) is 5.56 Å². The molecule has 4 heteroatoms. The van der Waals surface area contributed by atoms with E-state index >= 15 is 0 Å². The maximum absolute atomic E-state index is 7.23. The first-order valence-corrected chi connectivity index (χ1v) is 3.64. The van der Waals surface area contributed by atoms with Crippen molar-refractivity contribution in [3.63, 3.8) is 0 Å². The highest BCUT2D eigenvalue weighted by atomic mass is 15.0. The first-order chi connectivity index (χ1) is 5.63. The van der Waals surface area contributed by atoms with Gasteiger partial charge in [-0.05, 0) is 19.1 Å². The fourth-order valence-electron chi connectivity index (χ4n) is 0.952. The molecule has 0 aliphatic rings. The molecule has 0 radical (unpaired) electrons. The van der Waals surface area contributed by atoms with Gasteiger partial charge in [-0.25, -0.2) is 4.98 Å². The third-order valence-electron chi connectivity index (χ3n) is 1.52. The van der Waals surface area contributed by atoms with Gasteiger partial charge in [0.15, 0.2) is 0 Å². The number of anilines is 1. The second-order valence-corrected chi connectivity index (χ2v) is 2.55. The van der Waals surface area contributed by atoms with Crippen LogP contribution in [0.5, 0.6) is 0 Å². The number of nitrogens with one attached hydrogen (secondary N) is 2. The van der Waals surface area contributed by atoms with E-state index in [1.165, 1.54) is 0 Å². The Morgan fingerprint density at radius 1 is 1.58 bits per heavy atom. The van der Waals surface area contributed by atoms with E-state index in [-0.39, 0.29) is 5.84 Å². The molecule has 0 amide bonds. The van der Waals surface area contributed by atoms with Crippen molar-refractivity contribution in [1.82, 2.24) is 4.98 Å². The molecule has 0 spiro atoms. The van der Waals surface area contributed by atoms with Gasteiger partial charge in [-0.1, -0.05) is 0 Å². The topological polar surface area (TPSA) is 74.8 Å². The van der Waals surface area contributed by atoms with Crippen molar-refractivity contribution in [2.45, 2.75) is 6.92 Å². The average molecular weight is 164 g/mol. The Morgan fingerprint density at radius 2 is 2.25 bits per heavy atom. The Bertz CT molecular complexity index is 306. The summed E-state index contributed by atoms with van der Waals surface area (Å²) in [7, 11) is 1.78. The van der Waals surface area contributed by atoms with Gasteiger partial charge >= 0.3 is 0 Å². The summed E-state index contributed by atoms with van der Waals surface area (Å²) < 4.78 is 0. The maximum Gasteiger partial charge on any atom is 0.126 e. The molecule has 0 bridgehead atoms. The van der Waals surface area contributed by atoms with E-state index in [0.717, 1.165) is 11.5 Å². The van der Waals surface area contributed by atoms with Crippen LogP contribution >= 0.6 is 0 Å². The molecule has 1 aromatic heterocycles. The summed E-state index contributed by atoms with van der Waals surface area (Å²) in [5.41, 5.74) is 6.89. The number of aromatic nitrogens is 1. The summed E-state index contributed by atoms with van der Waals surface area (Å²) in [5.74, 6) is 0.803. The maximum atomic E-state index is 7.23. The van der Waals surface area contributed by atoms with Crippen molar-refractivity contribution in [2.75, 3.05) is 12.4 Å². The number of nitrogens with zero attached hydrogens (tertiary/aromatic N) is 1. The largest absolute Gasteiger partial charge is 0.384 e. The average Bonchev–Trinajstić information content (AvgIpc) is 2.03. The molecular formula is C8H12N4. The zero-order valence-electron chi connectivity index (χ0n) is 7.18. The SMILES string of the molecule is CNc1cc(C(=N)N)cc(C)n1. The lowest BCUT2D eigenvalue weighted by atomic mass is 10.2. The van der Waals surface area contributed by atoms with Crippen LogP contribution < -0.4 is 11.1 Å². The van der Waals surface area contributed by atoms with Crippen molar-refractivity contribution in [2.24, 2.45) is 5.73 Å². The molecular weight excluding hydrogens is 152 g/mol. The van der Waals surface area contributed by atoms with Gasteiger partial charge in [0.05, 0.1) is 0 Å². The summed E-state index contributed by atoms with van der Waals surface area (Å²) >= 11 is 0. The highest BCUT2D eigenvalue weighted by Gasteiger charge is 2.00. The summed E-state index contributed by atoms with van der Waals surface area (Å²) in [6.45, 7) is 1.87. The molecule has 1 heterocycles. The Kier molecular flexibility index (Phi) is 2.28. The predicted octanol–water partition coefficient (Wildman–Crippen LogP) is 0.716. The summed E-state index contributed by atoms with van der Waals surface area (Å²) in [6, 6.07) is 3.53. The molecule has 0 aliphatic heterocycles. The van der Waals surface area contributed by atoms with E-state index in [1.807, 2.05) is 6.92 Å². The van der Waals surface area contributed by atoms with Gasteiger partial charge in [0.1, 0.15) is 11.7 Å². The minimum atomic E-state index is 0.0667. The Labute approximate surface area is 71.3 Å². The van der Waals surface area contributed by atoms with Gasteiger partial charge in [0, 0.05) is 18.3 Å². The quantitative estimate of drug-likeness (QED) is 0.445. The van der Waals surface area contributed by atoms with Crippen molar-refractivity contribution >= 4 is 11.7 Å². The van der Waals surface area contributed by atoms with Crippen LogP contribution in [0.3, 0.4) is 0 Å². The molecule has 1 rings (SSSR count). The van der Waals surface area contributed by atoms with E-state index in [9.17, 15) is 0 Å². The van der Waals surface area contributed by atoms with Crippen LogP contribution in [-0.4, -0.2) is 17.9 Å². The molecule has 0 saturated carbocycles. The summed E-state index contributed by atoms with van der Waals surface area (Å²) in [5, 5.41) is 10.1. The normalized spacial score (nSPS) is 9.50. The van der Waals surface area contributed by atoms with Crippen LogP contribution in [0.4, 0.5) is 5.82 Å². The smallest absolute Gasteiger partial charge is 0.126 e. The van der Waals surface area contributed by atoms with Crippen molar-refractivity contribution in [3.8, 4) is 0 Å². The Balaban J connectivity index is 3.15. The fraction of sp³-hybridized carbons (Fsp3) is 0.250. The molecule has 12 heavy (non-hydrogen) atoms. The zero-order chi connectivity index (χ0) is 9.14. The summed E-state index contributed by atoms with van der Waals surface area (Å²) in [4.78, 5) is 4.17. The third kappa shape index (κ3) is 1.72. The van der Waals surface area contributed by atoms with Crippen LogP contribution in [0, 0.1) is 12.3 Å². The molecule has 4 nitrogen and oxygen atoms in total. The Hall–Kier alpha value is -1.58. The number of hydrogen-bond donors (Lipinski definition) is 3. The minimum absolute atomic E-state index is 0.0667.